The Hall–Kier alpha value is -1.07. The van der Waals surface area contributed by atoms with E-state index >= 15 is 0 Å². The average Bonchev–Trinajstić information content (AvgIpc) is 2.82. The number of non-ortho nitro benzene ring substituents is 1. The van der Waals surface area contributed by atoms with E-state index in [-0.39, 0.29) is 10.6 Å². The van der Waals surface area contributed by atoms with Crippen LogP contribution in [0.5, 0.6) is 0 Å². The zero-order valence-corrected chi connectivity index (χ0v) is 10.4. The Balaban J connectivity index is 1.81. The van der Waals surface area contributed by atoms with Crippen LogP contribution in [0.1, 0.15) is 12.0 Å². The predicted molar refractivity (Wildman–Crippen MR) is 70.2 cm³/mol. The van der Waals surface area contributed by atoms with Gasteiger partial charge in [-0.25, -0.2) is 0 Å². The molecule has 0 saturated carbocycles. The molecule has 1 fully saturated rings. The second-order valence-electron chi connectivity index (χ2n) is 4.29. The van der Waals surface area contributed by atoms with Crippen LogP contribution in [0, 0.1) is 16.0 Å². The van der Waals surface area contributed by atoms with E-state index in [0.717, 1.165) is 18.0 Å². The van der Waals surface area contributed by atoms with Crippen LogP contribution in [0.15, 0.2) is 24.3 Å². The van der Waals surface area contributed by atoms with E-state index in [1.807, 2.05) is 17.8 Å². The molecule has 17 heavy (non-hydrogen) atoms. The molecule has 0 amide bonds. The number of thioether (sulfide) groups is 1. The normalized spacial score (nSPS) is 19.4. The molecular formula is C12H16N2O2S. The first-order valence-corrected chi connectivity index (χ1v) is 6.93. The van der Waals surface area contributed by atoms with Crippen molar-refractivity contribution < 1.29 is 4.92 Å². The molecule has 2 rings (SSSR count). The maximum atomic E-state index is 10.6. The first kappa shape index (κ1) is 12.4. The molecule has 0 radical (unpaired) electrons. The fraction of sp³-hybridized carbons (Fsp3) is 0.500. The predicted octanol–water partition coefficient (Wildman–Crippen LogP) is 2.44. The van der Waals surface area contributed by atoms with Gasteiger partial charge in [0.2, 0.25) is 0 Å². The monoisotopic (exact) mass is 252 g/mol. The Bertz CT molecular complexity index is 392. The van der Waals surface area contributed by atoms with Crippen molar-refractivity contribution in [3.63, 3.8) is 0 Å². The van der Waals surface area contributed by atoms with E-state index in [1.165, 1.54) is 24.0 Å². The number of nitrogens with one attached hydrogen (secondary N) is 1. The molecule has 1 atom stereocenters. The van der Waals surface area contributed by atoms with E-state index in [1.54, 1.807) is 12.1 Å². The van der Waals surface area contributed by atoms with Crippen LogP contribution < -0.4 is 5.32 Å². The fourth-order valence-electron chi connectivity index (χ4n) is 1.94. The van der Waals surface area contributed by atoms with Crippen molar-refractivity contribution in [1.29, 1.82) is 0 Å². The maximum Gasteiger partial charge on any atom is 0.269 e. The smallest absolute Gasteiger partial charge is 0.269 e. The number of nitrogens with zero attached hydrogens (tertiary/aromatic N) is 1. The standard InChI is InChI=1S/C12H16N2O2S/c15-14(16)12-3-1-2-10(6-12)7-13-8-11-4-5-17-9-11/h1-3,6,11,13H,4-5,7-9H2. The van der Waals surface area contributed by atoms with Crippen molar-refractivity contribution in [3.8, 4) is 0 Å². The summed E-state index contributed by atoms with van der Waals surface area (Å²) in [7, 11) is 0. The SMILES string of the molecule is O=[N+]([O-])c1cccc(CNCC2CCSC2)c1. The van der Waals surface area contributed by atoms with Crippen LogP contribution >= 0.6 is 11.8 Å². The minimum absolute atomic E-state index is 0.167. The van der Waals surface area contributed by atoms with Crippen LogP contribution in [0.3, 0.4) is 0 Å². The highest BCUT2D eigenvalue weighted by molar-refractivity contribution is 7.99. The van der Waals surface area contributed by atoms with Gasteiger partial charge in [0.15, 0.2) is 0 Å². The number of rotatable bonds is 5. The maximum absolute atomic E-state index is 10.6. The Labute approximate surface area is 105 Å². The Morgan fingerprint density at radius 1 is 1.53 bits per heavy atom. The summed E-state index contributed by atoms with van der Waals surface area (Å²) in [5, 5.41) is 14.0. The molecule has 0 bridgehead atoms. The second-order valence-corrected chi connectivity index (χ2v) is 5.44. The Morgan fingerprint density at radius 3 is 3.12 bits per heavy atom. The summed E-state index contributed by atoms with van der Waals surface area (Å²) in [6.45, 7) is 1.72. The van der Waals surface area contributed by atoms with Crippen LogP contribution in [-0.2, 0) is 6.54 Å². The molecule has 0 aromatic heterocycles. The lowest BCUT2D eigenvalue weighted by Crippen LogP contribution is -2.22. The molecule has 4 nitrogen and oxygen atoms in total. The van der Waals surface area contributed by atoms with E-state index in [2.05, 4.69) is 5.32 Å². The Morgan fingerprint density at radius 2 is 2.41 bits per heavy atom. The van der Waals surface area contributed by atoms with Crippen molar-refractivity contribution in [3.05, 3.63) is 39.9 Å². The lowest BCUT2D eigenvalue weighted by Gasteiger charge is -2.09. The highest BCUT2D eigenvalue weighted by Crippen LogP contribution is 2.22. The third-order valence-electron chi connectivity index (χ3n) is 2.91. The molecule has 1 aromatic rings. The number of nitro groups is 1. The first-order valence-electron chi connectivity index (χ1n) is 5.77. The average molecular weight is 252 g/mol. The Kier molecular flexibility index (Phi) is 4.39. The van der Waals surface area contributed by atoms with Gasteiger partial charge >= 0.3 is 0 Å². The molecule has 1 aliphatic rings. The number of benzene rings is 1. The summed E-state index contributed by atoms with van der Waals surface area (Å²) in [6.07, 6.45) is 1.28. The van der Waals surface area contributed by atoms with Crippen molar-refractivity contribution in [2.45, 2.75) is 13.0 Å². The van der Waals surface area contributed by atoms with Crippen molar-refractivity contribution in [2.75, 3.05) is 18.1 Å². The van der Waals surface area contributed by atoms with Crippen LogP contribution in [0.2, 0.25) is 0 Å². The van der Waals surface area contributed by atoms with Gasteiger partial charge in [-0.05, 0) is 36.0 Å². The highest BCUT2D eigenvalue weighted by atomic mass is 32.2. The summed E-state index contributed by atoms with van der Waals surface area (Å²) >= 11 is 2.01. The molecule has 1 saturated heterocycles. The van der Waals surface area contributed by atoms with E-state index in [4.69, 9.17) is 0 Å². The fourth-order valence-corrected chi connectivity index (χ4v) is 3.23. The minimum atomic E-state index is -0.350. The first-order chi connectivity index (χ1) is 8.25. The van der Waals surface area contributed by atoms with Crippen LogP contribution in [-0.4, -0.2) is 23.0 Å². The molecule has 1 heterocycles. The molecule has 92 valence electrons. The van der Waals surface area contributed by atoms with E-state index in [0.29, 0.717) is 6.54 Å². The van der Waals surface area contributed by atoms with Gasteiger partial charge in [-0.3, -0.25) is 10.1 Å². The zero-order valence-electron chi connectivity index (χ0n) is 9.59. The largest absolute Gasteiger partial charge is 0.312 e. The van der Waals surface area contributed by atoms with E-state index < -0.39 is 0 Å². The van der Waals surface area contributed by atoms with Gasteiger partial charge < -0.3 is 5.32 Å². The third-order valence-corrected chi connectivity index (χ3v) is 4.14. The molecule has 5 heteroatoms. The summed E-state index contributed by atoms with van der Waals surface area (Å²) in [6, 6.07) is 6.82. The summed E-state index contributed by atoms with van der Waals surface area (Å²) in [4.78, 5) is 10.3. The lowest BCUT2D eigenvalue weighted by atomic mass is 10.1. The van der Waals surface area contributed by atoms with Crippen LogP contribution in [0.4, 0.5) is 5.69 Å². The summed E-state index contributed by atoms with van der Waals surface area (Å²) < 4.78 is 0. The molecule has 0 aliphatic carbocycles. The quantitative estimate of drug-likeness (QED) is 0.646. The molecule has 1 aromatic carbocycles. The summed E-state index contributed by atoms with van der Waals surface area (Å²) in [5.41, 5.74) is 1.14. The zero-order chi connectivity index (χ0) is 12.1. The highest BCUT2D eigenvalue weighted by Gasteiger charge is 2.14. The number of hydrogen-bond donors (Lipinski definition) is 1. The number of hydrogen-bond acceptors (Lipinski definition) is 4. The third kappa shape index (κ3) is 3.71. The van der Waals surface area contributed by atoms with Gasteiger partial charge in [-0.15, -0.1) is 0 Å². The van der Waals surface area contributed by atoms with Gasteiger partial charge in [0.1, 0.15) is 0 Å². The van der Waals surface area contributed by atoms with E-state index in [9.17, 15) is 10.1 Å². The molecule has 1 aliphatic heterocycles. The van der Waals surface area contributed by atoms with Crippen molar-refractivity contribution >= 4 is 17.4 Å². The number of nitro benzene ring substituents is 1. The topological polar surface area (TPSA) is 55.2 Å². The van der Waals surface area contributed by atoms with Gasteiger partial charge in [0.05, 0.1) is 4.92 Å². The van der Waals surface area contributed by atoms with Crippen LogP contribution in [0.25, 0.3) is 0 Å². The van der Waals surface area contributed by atoms with Gasteiger partial charge in [0.25, 0.3) is 5.69 Å². The molecule has 1 unspecified atom stereocenters. The van der Waals surface area contributed by atoms with Crippen molar-refractivity contribution in [2.24, 2.45) is 5.92 Å². The molecule has 1 N–H and O–H groups in total. The minimum Gasteiger partial charge on any atom is -0.312 e. The lowest BCUT2D eigenvalue weighted by molar-refractivity contribution is -0.384. The van der Waals surface area contributed by atoms with Gasteiger partial charge in [-0.1, -0.05) is 12.1 Å². The van der Waals surface area contributed by atoms with Crippen molar-refractivity contribution in [1.82, 2.24) is 5.32 Å². The molecule has 0 spiro atoms. The second kappa shape index (κ2) is 6.02. The van der Waals surface area contributed by atoms with Gasteiger partial charge in [-0.2, -0.15) is 11.8 Å². The molecular weight excluding hydrogens is 236 g/mol. The summed E-state index contributed by atoms with van der Waals surface area (Å²) in [5.74, 6) is 3.27. The van der Waals surface area contributed by atoms with Gasteiger partial charge in [0, 0.05) is 18.7 Å².